The maximum absolute atomic E-state index is 7.00. The maximum Gasteiger partial charge on any atom is 0 e. The largest absolute Gasteiger partial charge is 0.197 e. The molecule has 0 N–H and O–H groups in total. The van der Waals surface area contributed by atoms with Crippen molar-refractivity contribution in [3.63, 3.8) is 0 Å². The van der Waals surface area contributed by atoms with Gasteiger partial charge in [0.15, 0.2) is 0 Å². The molecule has 0 unspecified atom stereocenters. The molecule has 0 aromatic heterocycles. The maximum atomic E-state index is 7.00. The molecule has 0 saturated carbocycles. The first kappa shape index (κ1) is 30.1. The number of thiol groups is 1. The van der Waals surface area contributed by atoms with E-state index in [4.69, 9.17) is 12.9 Å². The minimum Gasteiger partial charge on any atom is -0.197 e. The molecule has 0 aliphatic heterocycles. The minimum absolute atomic E-state index is 0. The Morgan fingerprint density at radius 2 is 1.36 bits per heavy atom. The third-order valence-corrected chi connectivity index (χ3v) is 0. The van der Waals surface area contributed by atoms with Crippen molar-refractivity contribution in [1.29, 1.82) is 0 Å². The molecule has 0 rings (SSSR count). The van der Waals surface area contributed by atoms with Crippen LogP contribution in [0.5, 0.6) is 0 Å². The molecule has 0 spiro atoms. The smallest absolute Gasteiger partial charge is 0 e. The molecule has 0 atom stereocenters. The fourth-order valence-electron chi connectivity index (χ4n) is 0. The molecule has 0 aromatic rings. The topological polar surface area (TPSA) is 34.1 Å². The normalized spacial score (nSPS) is 3.64. The first-order chi connectivity index (χ1) is 5.41. The summed E-state index contributed by atoms with van der Waals surface area (Å²) in [6.07, 6.45) is 0. The van der Waals surface area contributed by atoms with Gasteiger partial charge in [-0.3, -0.25) is 0 Å². The molecule has 0 aliphatic carbocycles. The lowest BCUT2D eigenvalue weighted by molar-refractivity contribution is 1.50. The molecular weight excluding hydrogens is 200 g/mol. The SMILES string of the molecule is C=C.CC.CCS.O=O.S.S.[2H][3H]. The van der Waals surface area contributed by atoms with Crippen LogP contribution in [0, 0.1) is 9.93 Å². The Labute approximate surface area is 92.5 Å². The summed E-state index contributed by atoms with van der Waals surface area (Å²) in [5.74, 6) is 0.944. The van der Waals surface area contributed by atoms with Gasteiger partial charge in [0.25, 0.3) is 0 Å². The lowest BCUT2D eigenvalue weighted by atomic mass is 11.0. The van der Waals surface area contributed by atoms with Crippen molar-refractivity contribution >= 4 is 39.6 Å². The van der Waals surface area contributed by atoms with Gasteiger partial charge in [-0.05, 0) is 5.75 Å². The second-order valence-corrected chi connectivity index (χ2v) is 0.949. The molecule has 0 fully saturated rings. The van der Waals surface area contributed by atoms with E-state index in [0.29, 0.717) is 0 Å². The van der Waals surface area contributed by atoms with E-state index in [1.54, 1.807) is 0 Å². The van der Waals surface area contributed by atoms with Crippen molar-refractivity contribution in [2.45, 2.75) is 20.8 Å². The van der Waals surface area contributed by atoms with Crippen LogP contribution in [0.1, 0.15) is 23.7 Å². The Balaban J connectivity index is -0.00000000676. The minimum atomic E-state index is 0. The van der Waals surface area contributed by atoms with Gasteiger partial charge in [0.05, 0.1) is 0 Å². The van der Waals surface area contributed by atoms with E-state index >= 15 is 0 Å². The lowest BCUT2D eigenvalue weighted by Gasteiger charge is -1.48. The standard InChI is InChI=1S/C2H6S.C2H6.C2H4.O2.2H2S.H2/c1-2-3;3*1-2;;;/h3H,2H2,1H3;1-2H3;1-2H2;;2*1H2;1H/i;;;;;;1+2D. The first-order valence-corrected chi connectivity index (χ1v) is 3.32. The predicted octanol–water partition coefficient (Wildman–Crippen LogP) is 3.30. The highest BCUT2D eigenvalue weighted by Crippen LogP contribution is 1.58. The van der Waals surface area contributed by atoms with E-state index in [9.17, 15) is 0 Å². The molecule has 0 saturated heterocycles. The molecule has 0 bridgehead atoms. The molecule has 0 amide bonds. The Bertz CT molecular complexity index is 31.4. The summed E-state index contributed by atoms with van der Waals surface area (Å²) in [5.41, 5.74) is 0. The zero-order valence-corrected chi connectivity index (χ0v) is 10.3. The van der Waals surface area contributed by atoms with Gasteiger partial charge in [0.1, 0.15) is 0 Å². The van der Waals surface area contributed by atoms with Crippen molar-refractivity contribution in [1.82, 2.24) is 0 Å². The van der Waals surface area contributed by atoms with Crippen LogP contribution in [-0.4, -0.2) is 5.75 Å². The van der Waals surface area contributed by atoms with Gasteiger partial charge in [-0.15, -0.1) is 13.2 Å². The fourth-order valence-corrected chi connectivity index (χ4v) is 0. The van der Waals surface area contributed by atoms with Crippen molar-refractivity contribution < 1.29 is 2.97 Å². The Kier molecular flexibility index (Phi) is 1300. The summed E-state index contributed by atoms with van der Waals surface area (Å²) < 4.78 is 10.0. The summed E-state index contributed by atoms with van der Waals surface area (Å²) in [7, 11) is 0. The van der Waals surface area contributed by atoms with Gasteiger partial charge < -0.3 is 0 Å². The van der Waals surface area contributed by atoms with Crippen LogP contribution < -0.4 is 0 Å². The molecule has 5 heteroatoms. The zero-order chi connectivity index (χ0) is 10.7. The van der Waals surface area contributed by atoms with Gasteiger partial charge in [0, 0.05) is 12.9 Å². The van der Waals surface area contributed by atoms with E-state index < -0.39 is 0 Å². The van der Waals surface area contributed by atoms with Crippen molar-refractivity contribution in [3.05, 3.63) is 23.1 Å². The van der Waals surface area contributed by atoms with Crippen molar-refractivity contribution in [2.24, 2.45) is 0 Å². The summed E-state index contributed by atoms with van der Waals surface area (Å²) in [6.45, 7) is 12.0. The predicted molar refractivity (Wildman–Crippen MR) is 71.7 cm³/mol. The number of hydrogen-bond acceptors (Lipinski definition) is 3. The summed E-state index contributed by atoms with van der Waals surface area (Å²) >= 11 is 3.79. The fraction of sp³-hybridized carbons (Fsp3) is 0.667. The molecule has 76 valence electrons. The molecule has 2 nitrogen and oxygen atoms in total. The Morgan fingerprint density at radius 3 is 1.36 bits per heavy atom. The second-order valence-electron chi connectivity index (χ2n) is 0.316. The number of hydrogen-bond donors (Lipinski definition) is 1. The average Bonchev–Trinajstić information content (AvgIpc) is 2.18. The highest BCUT2D eigenvalue weighted by molar-refractivity contribution is 7.80. The number of rotatable bonds is 0. The van der Waals surface area contributed by atoms with E-state index in [2.05, 4.69) is 25.8 Å². The van der Waals surface area contributed by atoms with Crippen LogP contribution in [0.15, 0.2) is 13.2 Å². The monoisotopic (exact) mass is 225 g/mol. The molecule has 0 radical (unpaired) electrons. The van der Waals surface area contributed by atoms with Crippen LogP contribution in [-0.2, 0) is 0 Å². The van der Waals surface area contributed by atoms with Crippen molar-refractivity contribution in [3.8, 4) is 0 Å². The van der Waals surface area contributed by atoms with E-state index in [1.165, 1.54) is 0 Å². The summed E-state index contributed by atoms with van der Waals surface area (Å²) in [4.78, 5) is 14.0. The van der Waals surface area contributed by atoms with Gasteiger partial charge in [-0.25, -0.2) is 0 Å². The van der Waals surface area contributed by atoms with Gasteiger partial charge in [-0.1, -0.05) is 20.8 Å². The highest BCUT2D eigenvalue weighted by Gasteiger charge is 1.35. The third kappa shape index (κ3) is 4810. The van der Waals surface area contributed by atoms with E-state index in [0.717, 1.165) is 5.75 Å². The molecular formula is C6H22O2S3. The van der Waals surface area contributed by atoms with Gasteiger partial charge in [-0.2, -0.15) is 39.6 Å². The van der Waals surface area contributed by atoms with Gasteiger partial charge in [0.2, 0.25) is 0 Å². The van der Waals surface area contributed by atoms with Crippen LogP contribution >= 0.6 is 39.6 Å². The molecule has 0 heterocycles. The Morgan fingerprint density at radius 1 is 1.36 bits per heavy atom. The average molecular weight is 225 g/mol. The van der Waals surface area contributed by atoms with Crippen molar-refractivity contribution in [2.75, 3.05) is 5.75 Å². The summed E-state index contributed by atoms with van der Waals surface area (Å²) in [6, 6.07) is 0. The molecule has 11 heavy (non-hydrogen) atoms. The molecule has 0 aliphatic rings. The van der Waals surface area contributed by atoms with E-state index in [-0.39, 0.29) is 27.0 Å². The summed E-state index contributed by atoms with van der Waals surface area (Å²) in [5, 5.41) is 0. The third-order valence-electron chi connectivity index (χ3n) is 0. The van der Waals surface area contributed by atoms with Crippen LogP contribution in [0.25, 0.3) is 0 Å². The second kappa shape index (κ2) is 474. The quantitative estimate of drug-likeness (QED) is 0.507. The van der Waals surface area contributed by atoms with Crippen LogP contribution in [0.3, 0.4) is 0 Å². The lowest BCUT2D eigenvalue weighted by Crippen LogP contribution is -1.36. The van der Waals surface area contributed by atoms with Gasteiger partial charge >= 0.3 is 0 Å². The van der Waals surface area contributed by atoms with Crippen LogP contribution in [0.2, 0.25) is 0 Å². The highest BCUT2D eigenvalue weighted by atomic mass is 32.1. The first-order valence-electron chi connectivity index (χ1n) is 3.69. The van der Waals surface area contributed by atoms with Crippen LogP contribution in [0.4, 0.5) is 0 Å². The Hall–Kier alpha value is 0.390. The van der Waals surface area contributed by atoms with E-state index in [1.807, 2.05) is 20.8 Å². The zero-order valence-electron chi connectivity index (χ0n) is 9.39. The molecule has 0 aromatic carbocycles.